The number of rotatable bonds is 3. The van der Waals surface area contributed by atoms with Crippen molar-refractivity contribution in [1.29, 1.82) is 0 Å². The molecular weight excluding hydrogens is 228 g/mol. The summed E-state index contributed by atoms with van der Waals surface area (Å²) in [7, 11) is 1.81. The Hall–Kier alpha value is -1.39. The highest BCUT2D eigenvalue weighted by Gasteiger charge is 2.26. The number of nitrogens with two attached hydrogens (primary N) is 1. The van der Waals surface area contributed by atoms with Gasteiger partial charge in [0.25, 0.3) is 0 Å². The van der Waals surface area contributed by atoms with Gasteiger partial charge in [-0.3, -0.25) is 4.79 Å². The topological polar surface area (TPSA) is 55.6 Å². The van der Waals surface area contributed by atoms with E-state index in [1.807, 2.05) is 31.3 Å². The molecule has 1 fully saturated rings. The van der Waals surface area contributed by atoms with Gasteiger partial charge in [-0.05, 0) is 24.5 Å². The van der Waals surface area contributed by atoms with Crippen molar-refractivity contribution in [3.8, 4) is 0 Å². The monoisotopic (exact) mass is 248 g/mol. The van der Waals surface area contributed by atoms with Crippen LogP contribution in [0.25, 0.3) is 0 Å². The molecule has 1 aromatic carbocycles. The second-order valence-electron chi connectivity index (χ2n) is 4.64. The lowest BCUT2D eigenvalue weighted by Gasteiger charge is -2.27. The van der Waals surface area contributed by atoms with Crippen LogP contribution < -0.4 is 10.6 Å². The smallest absolute Gasteiger partial charge is 0.232 e. The van der Waals surface area contributed by atoms with Crippen LogP contribution in [0.4, 0.5) is 5.69 Å². The summed E-state index contributed by atoms with van der Waals surface area (Å²) in [5.74, 6) is 0.102. The number of ether oxygens (including phenoxy) is 1. The van der Waals surface area contributed by atoms with Gasteiger partial charge < -0.3 is 15.4 Å². The molecule has 1 atom stereocenters. The highest BCUT2D eigenvalue weighted by Crippen LogP contribution is 2.23. The van der Waals surface area contributed by atoms with Crippen LogP contribution in [0.1, 0.15) is 18.4 Å². The highest BCUT2D eigenvalue weighted by molar-refractivity contribution is 5.95. The third-order valence-electron chi connectivity index (χ3n) is 3.41. The Balaban J connectivity index is 2.14. The molecular formula is C14H20N2O2. The maximum Gasteiger partial charge on any atom is 0.232 e. The number of amides is 1. The summed E-state index contributed by atoms with van der Waals surface area (Å²) < 4.78 is 5.37. The Kier molecular flexibility index (Phi) is 4.33. The molecule has 1 aromatic rings. The van der Waals surface area contributed by atoms with Crippen LogP contribution in [0.5, 0.6) is 0 Å². The SMILES string of the molecule is CN(C(=O)C1CCCOC1)c1ccccc1CN. The lowest BCUT2D eigenvalue weighted by atomic mass is 10.00. The molecule has 2 rings (SSSR count). The summed E-state index contributed by atoms with van der Waals surface area (Å²) in [6.45, 7) is 1.75. The molecule has 0 spiro atoms. The fourth-order valence-electron chi connectivity index (χ4n) is 2.34. The summed E-state index contributed by atoms with van der Waals surface area (Å²) in [6, 6.07) is 7.75. The first kappa shape index (κ1) is 13.1. The fourth-order valence-corrected chi connectivity index (χ4v) is 2.34. The van der Waals surface area contributed by atoms with Crippen LogP contribution in [0, 0.1) is 5.92 Å². The Labute approximate surface area is 108 Å². The van der Waals surface area contributed by atoms with Gasteiger partial charge in [0.1, 0.15) is 0 Å². The minimum atomic E-state index is -0.0189. The van der Waals surface area contributed by atoms with Gasteiger partial charge in [0, 0.05) is 25.9 Å². The van der Waals surface area contributed by atoms with Gasteiger partial charge in [-0.25, -0.2) is 0 Å². The zero-order chi connectivity index (χ0) is 13.0. The second kappa shape index (κ2) is 5.98. The van der Waals surface area contributed by atoms with Crippen LogP contribution in [0.2, 0.25) is 0 Å². The van der Waals surface area contributed by atoms with Gasteiger partial charge >= 0.3 is 0 Å². The fraction of sp³-hybridized carbons (Fsp3) is 0.500. The molecule has 1 aliphatic heterocycles. The van der Waals surface area contributed by atoms with Crippen LogP contribution in [-0.2, 0) is 16.1 Å². The maximum atomic E-state index is 12.4. The molecule has 1 heterocycles. The van der Waals surface area contributed by atoms with Crippen molar-refractivity contribution in [2.45, 2.75) is 19.4 Å². The van der Waals surface area contributed by atoms with E-state index in [-0.39, 0.29) is 11.8 Å². The second-order valence-corrected chi connectivity index (χ2v) is 4.64. The van der Waals surface area contributed by atoms with E-state index < -0.39 is 0 Å². The quantitative estimate of drug-likeness (QED) is 0.882. The van der Waals surface area contributed by atoms with Crippen molar-refractivity contribution in [2.75, 3.05) is 25.2 Å². The molecule has 0 aromatic heterocycles. The van der Waals surface area contributed by atoms with Gasteiger partial charge in [-0.15, -0.1) is 0 Å². The lowest BCUT2D eigenvalue weighted by molar-refractivity contribution is -0.126. The summed E-state index contributed by atoms with van der Waals surface area (Å²) in [4.78, 5) is 14.1. The summed E-state index contributed by atoms with van der Waals surface area (Å²) in [5, 5.41) is 0. The van der Waals surface area contributed by atoms with Crippen LogP contribution in [0.15, 0.2) is 24.3 Å². The van der Waals surface area contributed by atoms with E-state index in [4.69, 9.17) is 10.5 Å². The largest absolute Gasteiger partial charge is 0.381 e. The molecule has 18 heavy (non-hydrogen) atoms. The minimum Gasteiger partial charge on any atom is -0.381 e. The van der Waals surface area contributed by atoms with Crippen molar-refractivity contribution < 1.29 is 9.53 Å². The van der Waals surface area contributed by atoms with E-state index >= 15 is 0 Å². The predicted molar refractivity (Wildman–Crippen MR) is 71.3 cm³/mol. The number of benzene rings is 1. The number of hydrogen-bond acceptors (Lipinski definition) is 3. The third kappa shape index (κ3) is 2.71. The van der Waals surface area contributed by atoms with E-state index in [0.717, 1.165) is 30.7 Å². The Morgan fingerprint density at radius 3 is 2.94 bits per heavy atom. The summed E-state index contributed by atoms with van der Waals surface area (Å²) in [5.41, 5.74) is 7.59. The van der Waals surface area contributed by atoms with Crippen LogP contribution in [0.3, 0.4) is 0 Å². The Morgan fingerprint density at radius 2 is 2.28 bits per heavy atom. The van der Waals surface area contributed by atoms with E-state index in [1.165, 1.54) is 0 Å². The van der Waals surface area contributed by atoms with E-state index in [9.17, 15) is 4.79 Å². The molecule has 98 valence electrons. The average Bonchev–Trinajstić information content (AvgIpc) is 2.46. The molecule has 2 N–H and O–H groups in total. The molecule has 1 amide bonds. The van der Waals surface area contributed by atoms with Crippen LogP contribution >= 0.6 is 0 Å². The first-order chi connectivity index (χ1) is 8.74. The highest BCUT2D eigenvalue weighted by atomic mass is 16.5. The van der Waals surface area contributed by atoms with Crippen LogP contribution in [-0.4, -0.2) is 26.2 Å². The lowest BCUT2D eigenvalue weighted by Crippen LogP contribution is -2.37. The van der Waals surface area contributed by atoms with Crippen molar-refractivity contribution in [3.63, 3.8) is 0 Å². The Morgan fingerprint density at radius 1 is 1.50 bits per heavy atom. The number of carbonyl (C=O) groups is 1. The molecule has 1 aliphatic rings. The summed E-state index contributed by atoms with van der Waals surface area (Å²) in [6.07, 6.45) is 1.87. The number of hydrogen-bond donors (Lipinski definition) is 1. The molecule has 0 radical (unpaired) electrons. The molecule has 0 saturated carbocycles. The summed E-state index contributed by atoms with van der Waals surface area (Å²) >= 11 is 0. The van der Waals surface area contributed by atoms with E-state index in [0.29, 0.717) is 13.2 Å². The van der Waals surface area contributed by atoms with Crippen molar-refractivity contribution in [2.24, 2.45) is 11.7 Å². The maximum absolute atomic E-state index is 12.4. The standard InChI is InChI=1S/C14H20N2O2/c1-16(13-7-3-2-5-11(13)9-15)14(17)12-6-4-8-18-10-12/h2-3,5,7,12H,4,6,8-10,15H2,1H3. The normalized spacial score (nSPS) is 19.6. The zero-order valence-electron chi connectivity index (χ0n) is 10.8. The number of anilines is 1. The predicted octanol–water partition coefficient (Wildman–Crippen LogP) is 1.53. The number of nitrogens with zero attached hydrogens (tertiary/aromatic N) is 1. The zero-order valence-corrected chi connectivity index (χ0v) is 10.8. The van der Waals surface area contributed by atoms with Gasteiger partial charge in [0.05, 0.1) is 12.5 Å². The van der Waals surface area contributed by atoms with Crippen molar-refractivity contribution in [3.05, 3.63) is 29.8 Å². The molecule has 4 nitrogen and oxygen atoms in total. The number of para-hydroxylation sites is 1. The average molecular weight is 248 g/mol. The molecule has 1 saturated heterocycles. The molecule has 1 unspecified atom stereocenters. The van der Waals surface area contributed by atoms with Gasteiger partial charge in [0.15, 0.2) is 0 Å². The molecule has 0 aliphatic carbocycles. The first-order valence-electron chi connectivity index (χ1n) is 6.37. The van der Waals surface area contributed by atoms with E-state index in [2.05, 4.69) is 0 Å². The number of carbonyl (C=O) groups excluding carboxylic acids is 1. The van der Waals surface area contributed by atoms with Crippen molar-refractivity contribution >= 4 is 11.6 Å². The molecule has 4 heteroatoms. The Bertz CT molecular complexity index is 414. The third-order valence-corrected chi connectivity index (χ3v) is 3.41. The minimum absolute atomic E-state index is 0.0189. The van der Waals surface area contributed by atoms with Gasteiger partial charge in [0.2, 0.25) is 5.91 Å². The van der Waals surface area contributed by atoms with Gasteiger partial charge in [-0.2, -0.15) is 0 Å². The molecule has 0 bridgehead atoms. The first-order valence-corrected chi connectivity index (χ1v) is 6.37. The van der Waals surface area contributed by atoms with Gasteiger partial charge in [-0.1, -0.05) is 18.2 Å². The van der Waals surface area contributed by atoms with E-state index in [1.54, 1.807) is 4.90 Å². The van der Waals surface area contributed by atoms with Crippen molar-refractivity contribution in [1.82, 2.24) is 0 Å².